The molecule has 1 saturated carbocycles. The molecule has 1 aromatic heterocycles. The Hall–Kier alpha value is -0.970. The number of carbonyl (C=O) groups excluding carboxylic acids is 1. The van der Waals surface area contributed by atoms with E-state index >= 15 is 0 Å². The molecule has 2 heterocycles. The molecule has 5 heteroatoms. The molecule has 0 aromatic carbocycles. The van der Waals surface area contributed by atoms with Crippen molar-refractivity contribution < 1.29 is 4.79 Å². The van der Waals surface area contributed by atoms with Gasteiger partial charge in [-0.25, -0.2) is 4.98 Å². The predicted octanol–water partition coefficient (Wildman–Crippen LogP) is 2.65. The monoisotopic (exact) mass is 279 g/mol. The minimum Gasteiger partial charge on any atom is -0.351 e. The molecule has 1 amide bonds. The fourth-order valence-corrected chi connectivity index (χ4v) is 4.08. The smallest absolute Gasteiger partial charge is 0.271 e. The number of imidazole rings is 1. The molecule has 1 fully saturated rings. The summed E-state index contributed by atoms with van der Waals surface area (Å²) in [5.74, 6) is 1.86. The number of hydrogen-bond donors (Lipinski definition) is 2. The molecule has 0 bridgehead atoms. The summed E-state index contributed by atoms with van der Waals surface area (Å²) in [6.45, 7) is 0.759. The Bertz CT molecular complexity index is 452. The molecule has 104 valence electrons. The van der Waals surface area contributed by atoms with Crippen LogP contribution in [0.25, 0.3) is 0 Å². The first-order valence-electron chi connectivity index (χ1n) is 7.30. The number of aryl methyl sites for hydroxylation is 1. The Morgan fingerprint density at radius 1 is 1.21 bits per heavy atom. The van der Waals surface area contributed by atoms with Crippen molar-refractivity contribution in [1.82, 2.24) is 15.3 Å². The Balaban J connectivity index is 1.62. The SMILES string of the molecule is O=C1NCCCc2[nH]c(CSC3CCCCC3)nc21. The number of rotatable bonds is 3. The van der Waals surface area contributed by atoms with Gasteiger partial charge in [-0.05, 0) is 25.7 Å². The number of aromatic nitrogens is 2. The number of fused-ring (bicyclic) bond motifs is 1. The molecular formula is C14H21N3OS. The van der Waals surface area contributed by atoms with Crippen LogP contribution in [0.4, 0.5) is 0 Å². The maximum Gasteiger partial charge on any atom is 0.271 e. The van der Waals surface area contributed by atoms with Crippen molar-refractivity contribution in [3.05, 3.63) is 17.2 Å². The van der Waals surface area contributed by atoms with Gasteiger partial charge in [-0.1, -0.05) is 19.3 Å². The summed E-state index contributed by atoms with van der Waals surface area (Å²) >= 11 is 1.99. The lowest BCUT2D eigenvalue weighted by atomic mass is 10.0. The van der Waals surface area contributed by atoms with Crippen molar-refractivity contribution >= 4 is 17.7 Å². The van der Waals surface area contributed by atoms with Gasteiger partial charge >= 0.3 is 0 Å². The summed E-state index contributed by atoms with van der Waals surface area (Å²) in [6.07, 6.45) is 8.73. The maximum absolute atomic E-state index is 11.8. The Kier molecular flexibility index (Phi) is 4.11. The van der Waals surface area contributed by atoms with Crippen LogP contribution >= 0.6 is 11.8 Å². The summed E-state index contributed by atoms with van der Waals surface area (Å²) in [6, 6.07) is 0. The molecule has 0 saturated heterocycles. The molecule has 0 radical (unpaired) electrons. The molecule has 3 rings (SSSR count). The number of thioether (sulfide) groups is 1. The van der Waals surface area contributed by atoms with Gasteiger partial charge in [-0.15, -0.1) is 0 Å². The quantitative estimate of drug-likeness (QED) is 0.894. The van der Waals surface area contributed by atoms with E-state index in [-0.39, 0.29) is 5.91 Å². The van der Waals surface area contributed by atoms with Crippen molar-refractivity contribution in [3.8, 4) is 0 Å². The number of nitrogens with zero attached hydrogens (tertiary/aromatic N) is 1. The molecule has 2 aliphatic rings. The fraction of sp³-hybridized carbons (Fsp3) is 0.714. The van der Waals surface area contributed by atoms with E-state index in [1.54, 1.807) is 0 Å². The van der Waals surface area contributed by atoms with Crippen LogP contribution in [0, 0.1) is 0 Å². The second-order valence-corrected chi connectivity index (χ2v) is 6.73. The Labute approximate surface area is 118 Å². The molecule has 2 N–H and O–H groups in total. The van der Waals surface area contributed by atoms with Crippen LogP contribution in [-0.4, -0.2) is 27.7 Å². The number of amides is 1. The molecule has 1 aliphatic heterocycles. The fourth-order valence-electron chi connectivity index (χ4n) is 2.88. The molecule has 1 aliphatic carbocycles. The number of H-pyrrole nitrogens is 1. The summed E-state index contributed by atoms with van der Waals surface area (Å²) in [5, 5.41) is 3.68. The zero-order valence-electron chi connectivity index (χ0n) is 11.2. The largest absolute Gasteiger partial charge is 0.351 e. The standard InChI is InChI=1S/C14H21N3OS/c18-14-13-11(7-4-8-15-14)16-12(17-13)9-19-10-5-2-1-3-6-10/h10H,1-9H2,(H,15,18)(H,16,17). The van der Waals surface area contributed by atoms with Crippen LogP contribution in [-0.2, 0) is 12.2 Å². The van der Waals surface area contributed by atoms with E-state index in [0.29, 0.717) is 5.69 Å². The zero-order valence-corrected chi connectivity index (χ0v) is 12.0. The predicted molar refractivity (Wildman–Crippen MR) is 77.4 cm³/mol. The molecular weight excluding hydrogens is 258 g/mol. The van der Waals surface area contributed by atoms with Crippen molar-refractivity contribution in [3.63, 3.8) is 0 Å². The minimum absolute atomic E-state index is 0.0160. The number of aromatic amines is 1. The van der Waals surface area contributed by atoms with Crippen LogP contribution in [0.5, 0.6) is 0 Å². The van der Waals surface area contributed by atoms with Gasteiger partial charge < -0.3 is 10.3 Å². The first-order chi connectivity index (χ1) is 9.33. The molecule has 19 heavy (non-hydrogen) atoms. The average molecular weight is 279 g/mol. The highest BCUT2D eigenvalue weighted by molar-refractivity contribution is 7.99. The van der Waals surface area contributed by atoms with Gasteiger partial charge in [-0.2, -0.15) is 11.8 Å². The van der Waals surface area contributed by atoms with Crippen LogP contribution in [0.3, 0.4) is 0 Å². The lowest BCUT2D eigenvalue weighted by Crippen LogP contribution is -2.23. The second kappa shape index (κ2) is 5.99. The Morgan fingerprint density at radius 3 is 2.89 bits per heavy atom. The summed E-state index contributed by atoms with van der Waals surface area (Å²) < 4.78 is 0. The van der Waals surface area contributed by atoms with E-state index in [4.69, 9.17) is 0 Å². The summed E-state index contributed by atoms with van der Waals surface area (Å²) in [5.41, 5.74) is 1.64. The van der Waals surface area contributed by atoms with Gasteiger partial charge in [0.15, 0.2) is 0 Å². The van der Waals surface area contributed by atoms with E-state index in [9.17, 15) is 4.79 Å². The van der Waals surface area contributed by atoms with Gasteiger partial charge in [0.25, 0.3) is 5.91 Å². The topological polar surface area (TPSA) is 57.8 Å². The molecule has 0 spiro atoms. The van der Waals surface area contributed by atoms with E-state index in [2.05, 4.69) is 15.3 Å². The first-order valence-corrected chi connectivity index (χ1v) is 8.35. The van der Waals surface area contributed by atoms with E-state index in [1.807, 2.05) is 11.8 Å². The Morgan fingerprint density at radius 2 is 2.05 bits per heavy atom. The molecule has 0 unspecified atom stereocenters. The van der Waals surface area contributed by atoms with E-state index in [0.717, 1.165) is 41.9 Å². The van der Waals surface area contributed by atoms with E-state index in [1.165, 1.54) is 32.1 Å². The van der Waals surface area contributed by atoms with Crippen LogP contribution < -0.4 is 5.32 Å². The lowest BCUT2D eigenvalue weighted by molar-refractivity contribution is 0.0951. The number of hydrogen-bond acceptors (Lipinski definition) is 3. The van der Waals surface area contributed by atoms with Gasteiger partial charge in [0.05, 0.1) is 5.75 Å². The van der Waals surface area contributed by atoms with Gasteiger partial charge in [0.1, 0.15) is 11.5 Å². The average Bonchev–Trinajstić information content (AvgIpc) is 2.78. The normalized spacial score (nSPS) is 20.7. The van der Waals surface area contributed by atoms with Crippen molar-refractivity contribution in [2.45, 2.75) is 55.9 Å². The second-order valence-electron chi connectivity index (χ2n) is 5.44. The molecule has 0 atom stereocenters. The minimum atomic E-state index is -0.0160. The number of carbonyl (C=O) groups is 1. The molecule has 4 nitrogen and oxygen atoms in total. The third-order valence-electron chi connectivity index (χ3n) is 3.94. The number of nitrogens with one attached hydrogen (secondary N) is 2. The van der Waals surface area contributed by atoms with Crippen LogP contribution in [0.1, 0.15) is 60.5 Å². The highest BCUT2D eigenvalue weighted by atomic mass is 32.2. The highest BCUT2D eigenvalue weighted by Gasteiger charge is 2.21. The third-order valence-corrected chi connectivity index (χ3v) is 5.32. The van der Waals surface area contributed by atoms with Crippen molar-refractivity contribution in [1.29, 1.82) is 0 Å². The summed E-state index contributed by atoms with van der Waals surface area (Å²) in [4.78, 5) is 19.7. The van der Waals surface area contributed by atoms with Gasteiger partial charge in [0, 0.05) is 17.5 Å². The third kappa shape index (κ3) is 3.14. The first kappa shape index (κ1) is 13.0. The lowest BCUT2D eigenvalue weighted by Gasteiger charge is -2.20. The van der Waals surface area contributed by atoms with Crippen molar-refractivity contribution in [2.24, 2.45) is 0 Å². The maximum atomic E-state index is 11.8. The highest BCUT2D eigenvalue weighted by Crippen LogP contribution is 2.30. The van der Waals surface area contributed by atoms with Gasteiger partial charge in [0.2, 0.25) is 0 Å². The van der Waals surface area contributed by atoms with Crippen LogP contribution in [0.15, 0.2) is 0 Å². The van der Waals surface area contributed by atoms with E-state index < -0.39 is 0 Å². The van der Waals surface area contributed by atoms with Gasteiger partial charge in [-0.3, -0.25) is 4.79 Å². The molecule has 1 aromatic rings. The van der Waals surface area contributed by atoms with Crippen molar-refractivity contribution in [2.75, 3.05) is 6.54 Å². The summed E-state index contributed by atoms with van der Waals surface area (Å²) in [7, 11) is 0. The van der Waals surface area contributed by atoms with Crippen LogP contribution in [0.2, 0.25) is 0 Å². The zero-order chi connectivity index (χ0) is 13.1.